The maximum absolute atomic E-state index is 11.8. The topological polar surface area (TPSA) is 758 Å². The predicted molar refractivity (Wildman–Crippen MR) is 434 cm³/mol. The van der Waals surface area contributed by atoms with E-state index in [9.17, 15) is 163 Å². The highest BCUT2D eigenvalue weighted by atomic mass is 16.8. The molecular weight excluding hydrogens is 1690 g/mol. The zero-order chi connectivity index (χ0) is 94.0. The lowest BCUT2D eigenvalue weighted by Crippen LogP contribution is -2.61. The average molecular weight is 1830 g/mol. The van der Waals surface area contributed by atoms with Gasteiger partial charge in [0, 0.05) is 62.9 Å². The van der Waals surface area contributed by atoms with E-state index in [4.69, 9.17) is 56.8 Å². The SMILES string of the molecule is CCCCCCCCCCC(CO[C@@H]1OC(CO)[C@@H](O[C@@H](O)/C(O)=C(/O)[C@H](O)CCO)C(O)C1O)(CO[C@@H]1OC(CO)[C@@H](O[C@@H](O)/C(O)=C(\O)[C@H](O)CCO)C(O)C1O)Cc1ccc(C[C@](CCCCCCCCCC)(CO[C@@H]2OC(CO)[C@@H](O[C@@H](O)/C(O)=C(\O)[C@H](O)CCO)C(O)C2O)CO[C@H](O)/C(O)=C(\O)[C@@H](CCO)O[C@H](CO)OC(CO)[C@@H](O)CO)cc1. The van der Waals surface area contributed by atoms with Gasteiger partial charge in [0.15, 0.2) is 71.2 Å². The quantitative estimate of drug-likeness (QED) is 0.0175. The molecule has 32 N–H and O–H groups in total. The van der Waals surface area contributed by atoms with Gasteiger partial charge in [0.25, 0.3) is 0 Å². The molecule has 0 bridgehead atoms. The van der Waals surface area contributed by atoms with Crippen LogP contribution in [0.4, 0.5) is 0 Å². The number of hydrogen-bond acceptors (Lipinski definition) is 44. The summed E-state index contributed by atoms with van der Waals surface area (Å²) in [5.74, 6) is -10.3. The zero-order valence-corrected chi connectivity index (χ0v) is 71.4. The van der Waals surface area contributed by atoms with Crippen molar-refractivity contribution in [2.75, 3.05) is 92.5 Å². The van der Waals surface area contributed by atoms with Crippen molar-refractivity contribution in [1.29, 1.82) is 0 Å². The molecule has 3 fully saturated rings. The summed E-state index contributed by atoms with van der Waals surface area (Å²) in [4.78, 5) is 0. The van der Waals surface area contributed by atoms with Gasteiger partial charge in [-0.1, -0.05) is 141 Å². The molecule has 3 aliphatic heterocycles. The molecule has 1 aromatic rings. The Kier molecular flexibility index (Phi) is 53.7. The molecule has 736 valence electrons. The van der Waals surface area contributed by atoms with E-state index in [1.165, 1.54) is 0 Å². The first-order chi connectivity index (χ1) is 60.0. The molecule has 1 aromatic carbocycles. The van der Waals surface area contributed by atoms with Crippen molar-refractivity contribution in [2.24, 2.45) is 10.8 Å². The molecule has 0 saturated carbocycles. The minimum atomic E-state index is -2.55. The molecule has 0 spiro atoms. The molecule has 4 rings (SSSR count). The molecule has 126 heavy (non-hydrogen) atoms. The van der Waals surface area contributed by atoms with E-state index in [1.807, 2.05) is 0 Å². The number of ether oxygens (including phenoxy) is 12. The van der Waals surface area contributed by atoms with Crippen LogP contribution in [0.3, 0.4) is 0 Å². The van der Waals surface area contributed by atoms with Gasteiger partial charge in [-0.3, -0.25) is 0 Å². The summed E-state index contributed by atoms with van der Waals surface area (Å²) in [7, 11) is 0. The van der Waals surface area contributed by atoms with Gasteiger partial charge in [-0.15, -0.1) is 0 Å². The Bertz CT molecular complexity index is 3130. The minimum absolute atomic E-state index is 0.0603. The minimum Gasteiger partial charge on any atom is -0.506 e. The number of hydrogen-bond donors (Lipinski definition) is 32. The lowest BCUT2D eigenvalue weighted by Gasteiger charge is -2.45. The Morgan fingerprint density at radius 1 is 0.349 bits per heavy atom. The normalized spacial score (nSPS) is 27.7. The molecule has 0 amide bonds. The van der Waals surface area contributed by atoms with Crippen molar-refractivity contribution in [3.05, 3.63) is 81.5 Å². The molecule has 44 nitrogen and oxygen atoms in total. The maximum atomic E-state index is 11.8. The number of unbranched alkanes of at least 4 members (excludes halogenated alkanes) is 14. The second kappa shape index (κ2) is 59.6. The van der Waals surface area contributed by atoms with Crippen LogP contribution in [-0.2, 0) is 69.7 Å². The first-order valence-corrected chi connectivity index (χ1v) is 42.9. The number of rotatable bonds is 67. The van der Waals surface area contributed by atoms with E-state index in [0.717, 1.165) is 64.2 Å². The lowest BCUT2D eigenvalue weighted by atomic mass is 9.76. The van der Waals surface area contributed by atoms with Crippen molar-refractivity contribution in [2.45, 2.75) is 328 Å². The highest BCUT2D eigenvalue weighted by Crippen LogP contribution is 2.40. The van der Waals surface area contributed by atoms with Crippen LogP contribution in [0.1, 0.15) is 166 Å². The average Bonchev–Trinajstić information content (AvgIpc) is 0.792. The summed E-state index contributed by atoms with van der Waals surface area (Å²) in [6.45, 7) is -7.09. The number of aliphatic hydroxyl groups is 32. The van der Waals surface area contributed by atoms with Gasteiger partial charge in [0.05, 0.1) is 66.1 Å². The van der Waals surface area contributed by atoms with E-state index in [-0.39, 0.29) is 25.7 Å². The number of benzene rings is 1. The smallest absolute Gasteiger partial charge is 0.218 e. The maximum Gasteiger partial charge on any atom is 0.218 e. The van der Waals surface area contributed by atoms with Gasteiger partial charge < -0.3 is 220 Å². The molecule has 0 aromatic heterocycles. The van der Waals surface area contributed by atoms with Gasteiger partial charge in [-0.05, 0) is 36.8 Å². The standard InChI is InChI=1S/C82H144O44/c1-3-5-7-9-11-13-15-17-27-81(41-115-74(111)67(107)60(100)51(26-32-86)119-56(40-92)120-52(36-88)50(96)35-87,42-116-78-68(108)61(101)71(53(37-89)121-78)124-75(112)64(104)57(97)47(93)23-29-83)33-45-19-21-46(22-20-45)34-82(28-18-16-14-12-10-8-6-4-2,43-117-79-69(109)62(102)72(54(38-90)122-79)125-76(113)65(105)58(98)48(94)24-30-84)44-118-80-70(110)63(103)73(55(39-91)123-80)126-77(114)66(106)59(99)49(95)25-31-85/h19-22,47-56,61-63,68-80,83-114H,3-18,23-44H2,1-2H3/b64-57+,65-58-,66-59+,67-60+/t47-,48-,49-,50+,51-,52?,53?,54?,55?,56+,61?,62?,63?,68?,69?,70?,71-,72-,73-,74+,75-,76-,77-,78-,79-,80-,81+,82?/m1/s1. The Morgan fingerprint density at radius 2 is 0.659 bits per heavy atom. The molecule has 3 heterocycles. The van der Waals surface area contributed by atoms with Crippen LogP contribution in [0, 0.1) is 10.8 Å². The van der Waals surface area contributed by atoms with Crippen LogP contribution in [0.15, 0.2) is 70.3 Å². The fraction of sp³-hybridized carbons (Fsp3) is 0.829. The first-order valence-electron chi connectivity index (χ1n) is 42.9. The van der Waals surface area contributed by atoms with Crippen molar-refractivity contribution >= 4 is 0 Å². The Hall–Kier alpha value is -4.86. The molecule has 44 heteroatoms. The van der Waals surface area contributed by atoms with Crippen molar-refractivity contribution < 1.29 is 220 Å². The lowest BCUT2D eigenvalue weighted by molar-refractivity contribution is -0.335. The predicted octanol–water partition coefficient (Wildman–Crippen LogP) is -3.02. The molecule has 28 atom stereocenters. The van der Waals surface area contributed by atoms with E-state index in [2.05, 4.69) is 13.8 Å². The van der Waals surface area contributed by atoms with Crippen LogP contribution in [0.25, 0.3) is 0 Å². The van der Waals surface area contributed by atoms with Crippen LogP contribution < -0.4 is 0 Å². The molecule has 3 saturated heterocycles. The fourth-order valence-electron chi connectivity index (χ4n) is 14.7. The third-order valence-electron chi connectivity index (χ3n) is 22.3. The molecular formula is C82H144O44. The van der Waals surface area contributed by atoms with E-state index in [0.29, 0.717) is 49.7 Å². The summed E-state index contributed by atoms with van der Waals surface area (Å²) in [6.07, 6.45) is -42.2. The zero-order valence-electron chi connectivity index (χ0n) is 71.4. The van der Waals surface area contributed by atoms with Crippen molar-refractivity contribution in [3.8, 4) is 0 Å². The van der Waals surface area contributed by atoms with Gasteiger partial charge in [0.1, 0.15) is 110 Å². The summed E-state index contributed by atoms with van der Waals surface area (Å²) in [5, 5.41) is 342. The van der Waals surface area contributed by atoms with Crippen LogP contribution in [-0.4, -0.2) is 416 Å². The second-order valence-electron chi connectivity index (χ2n) is 32.2. The molecule has 3 aliphatic rings. The first kappa shape index (κ1) is 113. The Morgan fingerprint density at radius 3 is 0.952 bits per heavy atom. The molecule has 0 aliphatic carbocycles. The van der Waals surface area contributed by atoms with Crippen LogP contribution in [0.5, 0.6) is 0 Å². The fourth-order valence-corrected chi connectivity index (χ4v) is 14.7. The largest absolute Gasteiger partial charge is 0.506 e. The van der Waals surface area contributed by atoms with Crippen molar-refractivity contribution in [1.82, 2.24) is 0 Å². The monoisotopic (exact) mass is 1830 g/mol. The summed E-state index contributed by atoms with van der Waals surface area (Å²) in [6, 6.07) is 6.58. The number of aliphatic hydroxyl groups excluding tert-OH is 32. The van der Waals surface area contributed by atoms with Gasteiger partial charge in [-0.25, -0.2) is 0 Å². The van der Waals surface area contributed by atoms with Crippen LogP contribution >= 0.6 is 0 Å². The van der Waals surface area contributed by atoms with Gasteiger partial charge in [-0.2, -0.15) is 0 Å². The van der Waals surface area contributed by atoms with E-state index >= 15 is 0 Å². The van der Waals surface area contributed by atoms with Gasteiger partial charge >= 0.3 is 0 Å². The molecule has 11 unspecified atom stereocenters. The van der Waals surface area contributed by atoms with E-state index < -0.39 is 335 Å². The van der Waals surface area contributed by atoms with Crippen molar-refractivity contribution in [3.63, 3.8) is 0 Å². The second-order valence-corrected chi connectivity index (χ2v) is 32.2. The van der Waals surface area contributed by atoms with Gasteiger partial charge in [0.2, 0.25) is 25.2 Å². The summed E-state index contributed by atoms with van der Waals surface area (Å²) >= 11 is 0. The summed E-state index contributed by atoms with van der Waals surface area (Å²) < 4.78 is 70.5. The highest BCUT2D eigenvalue weighted by molar-refractivity contribution is 5.25. The Balaban J connectivity index is 1.98. The third kappa shape index (κ3) is 35.3. The Labute approximate surface area is 730 Å². The summed E-state index contributed by atoms with van der Waals surface area (Å²) in [5.41, 5.74) is -2.14. The third-order valence-corrected chi connectivity index (χ3v) is 22.3. The van der Waals surface area contributed by atoms with E-state index in [1.54, 1.807) is 24.3 Å². The molecule has 0 radical (unpaired) electrons. The van der Waals surface area contributed by atoms with Crippen LogP contribution in [0.2, 0.25) is 0 Å². The highest BCUT2D eigenvalue weighted by Gasteiger charge is 2.52.